The average Bonchev–Trinajstić information content (AvgIpc) is 3.14. The molecule has 0 saturated carbocycles. The van der Waals surface area contributed by atoms with E-state index in [1.54, 1.807) is 42.5 Å². The Balaban J connectivity index is 1.75. The Hall–Kier alpha value is -2.66. The summed E-state index contributed by atoms with van der Waals surface area (Å²) in [5.41, 5.74) is 1.40. The van der Waals surface area contributed by atoms with E-state index in [4.69, 9.17) is 9.47 Å². The number of amides is 1. The summed E-state index contributed by atoms with van der Waals surface area (Å²) in [7, 11) is 0. The number of hydrogen-bond donors (Lipinski definition) is 1. The first-order valence-corrected chi connectivity index (χ1v) is 8.40. The summed E-state index contributed by atoms with van der Waals surface area (Å²) in [5.74, 6) is 0.103. The van der Waals surface area contributed by atoms with E-state index < -0.39 is 0 Å². The molecule has 0 unspecified atom stereocenters. The average molecular weight is 339 g/mol. The van der Waals surface area contributed by atoms with Gasteiger partial charge >= 0.3 is 0 Å². The maximum Gasteiger partial charge on any atom is 0.259 e. The predicted molar refractivity (Wildman–Crippen MR) is 95.3 cm³/mol. The number of rotatable bonds is 6. The SMILES string of the molecule is CC(=O)c1ccccc1NC(=O)c1ccccc1OC[C@H]1CCCO1. The van der Waals surface area contributed by atoms with E-state index in [0.717, 1.165) is 19.4 Å². The number of anilines is 1. The van der Waals surface area contributed by atoms with Gasteiger partial charge in [0.25, 0.3) is 5.91 Å². The van der Waals surface area contributed by atoms with Crippen LogP contribution in [-0.4, -0.2) is 31.0 Å². The molecule has 1 fully saturated rings. The molecular formula is C20H21NO4. The molecule has 1 N–H and O–H groups in total. The van der Waals surface area contributed by atoms with Gasteiger partial charge < -0.3 is 14.8 Å². The molecule has 1 amide bonds. The first kappa shape index (κ1) is 17.2. The minimum atomic E-state index is -0.309. The van der Waals surface area contributed by atoms with Gasteiger partial charge in [-0.1, -0.05) is 24.3 Å². The summed E-state index contributed by atoms with van der Waals surface area (Å²) < 4.78 is 11.4. The summed E-state index contributed by atoms with van der Waals surface area (Å²) in [6.07, 6.45) is 2.09. The van der Waals surface area contributed by atoms with Gasteiger partial charge in [0.15, 0.2) is 5.78 Å². The monoisotopic (exact) mass is 339 g/mol. The normalized spacial score (nSPS) is 16.4. The molecule has 0 aliphatic carbocycles. The van der Waals surface area contributed by atoms with Crippen molar-refractivity contribution in [3.8, 4) is 5.75 Å². The first-order chi connectivity index (χ1) is 12.1. The fourth-order valence-corrected chi connectivity index (χ4v) is 2.83. The Morgan fingerprint density at radius 2 is 1.84 bits per heavy atom. The second-order valence-corrected chi connectivity index (χ2v) is 6.00. The Morgan fingerprint density at radius 3 is 2.56 bits per heavy atom. The van der Waals surface area contributed by atoms with Crippen LogP contribution in [-0.2, 0) is 4.74 Å². The lowest BCUT2D eigenvalue weighted by atomic mass is 10.1. The minimum absolute atomic E-state index is 0.0783. The topological polar surface area (TPSA) is 64.6 Å². The van der Waals surface area contributed by atoms with Gasteiger partial charge in [0.2, 0.25) is 0 Å². The maximum absolute atomic E-state index is 12.7. The molecule has 1 saturated heterocycles. The highest BCUT2D eigenvalue weighted by molar-refractivity contribution is 6.10. The summed E-state index contributed by atoms with van der Waals surface area (Å²) in [6, 6.07) is 14.0. The van der Waals surface area contributed by atoms with Crippen molar-refractivity contribution in [2.45, 2.75) is 25.9 Å². The van der Waals surface area contributed by atoms with Crippen LogP contribution in [0, 0.1) is 0 Å². The molecule has 1 aliphatic heterocycles. The predicted octanol–water partition coefficient (Wildman–Crippen LogP) is 3.70. The third kappa shape index (κ3) is 4.25. The molecule has 1 atom stereocenters. The van der Waals surface area contributed by atoms with Gasteiger partial charge in [-0.25, -0.2) is 0 Å². The maximum atomic E-state index is 12.7. The standard InChI is InChI=1S/C20H21NO4/c1-14(22)16-8-2-4-10-18(16)21-20(23)17-9-3-5-11-19(17)25-13-15-7-6-12-24-15/h2-5,8-11,15H,6-7,12-13H2,1H3,(H,21,23)/t15-/m1/s1. The van der Waals surface area contributed by atoms with Gasteiger partial charge in [0.1, 0.15) is 12.4 Å². The van der Waals surface area contributed by atoms with Crippen LogP contribution in [0.4, 0.5) is 5.69 Å². The number of ether oxygens (including phenoxy) is 2. The lowest BCUT2D eigenvalue weighted by Crippen LogP contribution is -2.19. The number of nitrogens with one attached hydrogen (secondary N) is 1. The van der Waals surface area contributed by atoms with Crippen LogP contribution in [0.25, 0.3) is 0 Å². The van der Waals surface area contributed by atoms with Crippen LogP contribution in [0.1, 0.15) is 40.5 Å². The largest absolute Gasteiger partial charge is 0.490 e. The number of para-hydroxylation sites is 2. The smallest absolute Gasteiger partial charge is 0.259 e. The molecule has 0 spiro atoms. The van der Waals surface area contributed by atoms with E-state index in [0.29, 0.717) is 29.2 Å². The lowest BCUT2D eigenvalue weighted by Gasteiger charge is -2.15. The Bertz CT molecular complexity index is 766. The van der Waals surface area contributed by atoms with Crippen LogP contribution in [0.3, 0.4) is 0 Å². The lowest BCUT2D eigenvalue weighted by molar-refractivity contribution is 0.0673. The van der Waals surface area contributed by atoms with Crippen LogP contribution < -0.4 is 10.1 Å². The molecule has 5 heteroatoms. The van der Waals surface area contributed by atoms with Crippen molar-refractivity contribution in [2.24, 2.45) is 0 Å². The molecule has 2 aromatic carbocycles. The molecule has 3 rings (SSSR count). The third-order valence-corrected chi connectivity index (χ3v) is 4.13. The third-order valence-electron chi connectivity index (χ3n) is 4.13. The molecular weight excluding hydrogens is 318 g/mol. The zero-order valence-corrected chi connectivity index (χ0v) is 14.2. The van der Waals surface area contributed by atoms with Crippen molar-refractivity contribution in [3.05, 3.63) is 59.7 Å². The van der Waals surface area contributed by atoms with E-state index in [2.05, 4.69) is 5.32 Å². The van der Waals surface area contributed by atoms with Crippen molar-refractivity contribution in [2.75, 3.05) is 18.5 Å². The molecule has 130 valence electrons. The number of ketones is 1. The molecule has 1 heterocycles. The fourth-order valence-electron chi connectivity index (χ4n) is 2.83. The zero-order chi connectivity index (χ0) is 17.6. The van der Waals surface area contributed by atoms with E-state index >= 15 is 0 Å². The number of Topliss-reactive ketones (excluding diaryl/α,β-unsaturated/α-hetero) is 1. The Labute approximate surface area is 147 Å². The highest BCUT2D eigenvalue weighted by Crippen LogP contribution is 2.23. The summed E-state index contributed by atoms with van der Waals surface area (Å²) in [4.78, 5) is 24.4. The quantitative estimate of drug-likeness (QED) is 0.815. The van der Waals surface area contributed by atoms with Gasteiger partial charge in [-0.3, -0.25) is 9.59 Å². The molecule has 1 aliphatic rings. The van der Waals surface area contributed by atoms with Crippen LogP contribution in [0.5, 0.6) is 5.75 Å². The van der Waals surface area contributed by atoms with Gasteiger partial charge in [-0.05, 0) is 44.0 Å². The molecule has 5 nitrogen and oxygen atoms in total. The second kappa shape index (κ2) is 7.94. The first-order valence-electron chi connectivity index (χ1n) is 8.40. The summed E-state index contributed by atoms with van der Waals surface area (Å²) >= 11 is 0. The van der Waals surface area contributed by atoms with E-state index in [9.17, 15) is 9.59 Å². The zero-order valence-electron chi connectivity index (χ0n) is 14.2. The molecule has 0 aromatic heterocycles. The molecule has 0 radical (unpaired) electrons. The van der Waals surface area contributed by atoms with Gasteiger partial charge in [-0.2, -0.15) is 0 Å². The highest BCUT2D eigenvalue weighted by atomic mass is 16.5. The summed E-state index contributed by atoms with van der Waals surface area (Å²) in [6.45, 7) is 2.66. The number of carbonyl (C=O) groups is 2. The fraction of sp³-hybridized carbons (Fsp3) is 0.300. The minimum Gasteiger partial charge on any atom is -0.490 e. The molecule has 0 bridgehead atoms. The van der Waals surface area contributed by atoms with Gasteiger partial charge in [0, 0.05) is 12.2 Å². The number of carbonyl (C=O) groups excluding carboxylic acids is 2. The highest BCUT2D eigenvalue weighted by Gasteiger charge is 2.19. The van der Waals surface area contributed by atoms with Crippen molar-refractivity contribution < 1.29 is 19.1 Å². The van der Waals surface area contributed by atoms with Crippen molar-refractivity contribution in [3.63, 3.8) is 0 Å². The Kier molecular flexibility index (Phi) is 5.46. The van der Waals surface area contributed by atoms with E-state index in [1.807, 2.05) is 6.07 Å². The van der Waals surface area contributed by atoms with Crippen molar-refractivity contribution in [1.82, 2.24) is 0 Å². The van der Waals surface area contributed by atoms with Crippen molar-refractivity contribution >= 4 is 17.4 Å². The summed E-state index contributed by atoms with van der Waals surface area (Å²) in [5, 5.41) is 2.81. The van der Waals surface area contributed by atoms with Gasteiger partial charge in [-0.15, -0.1) is 0 Å². The van der Waals surface area contributed by atoms with Crippen LogP contribution in [0.2, 0.25) is 0 Å². The van der Waals surface area contributed by atoms with Crippen LogP contribution in [0.15, 0.2) is 48.5 Å². The van der Waals surface area contributed by atoms with E-state index in [1.165, 1.54) is 6.92 Å². The van der Waals surface area contributed by atoms with Gasteiger partial charge in [0.05, 0.1) is 17.4 Å². The number of hydrogen-bond acceptors (Lipinski definition) is 4. The van der Waals surface area contributed by atoms with E-state index in [-0.39, 0.29) is 17.8 Å². The number of benzene rings is 2. The van der Waals surface area contributed by atoms with Crippen molar-refractivity contribution in [1.29, 1.82) is 0 Å². The van der Waals surface area contributed by atoms with Crippen LogP contribution >= 0.6 is 0 Å². The second-order valence-electron chi connectivity index (χ2n) is 6.00. The Morgan fingerprint density at radius 1 is 1.12 bits per heavy atom. The molecule has 2 aromatic rings. The molecule has 25 heavy (non-hydrogen) atoms.